The highest BCUT2D eigenvalue weighted by Crippen LogP contribution is 2.15. The average molecular weight is 249 g/mol. The summed E-state index contributed by atoms with van der Waals surface area (Å²) in [5.74, 6) is 0. The number of benzene rings is 1. The molecule has 6 heteroatoms. The number of nitro groups is 1. The van der Waals surface area contributed by atoms with Crippen LogP contribution in [0.5, 0.6) is 0 Å². The standard InChI is InChI=1S/C12H15N3O3/c1-3-9(2)8-13-12(16)14-10-4-6-11(7-5-10)15(17)18/h4-8H,3H2,1-2H3,(H2,13,14,16)/b9-8+. The fraction of sp³-hybridized carbons (Fsp3) is 0.250. The van der Waals surface area contributed by atoms with Crippen LogP contribution in [-0.2, 0) is 0 Å². The van der Waals surface area contributed by atoms with Crippen LogP contribution < -0.4 is 10.6 Å². The molecule has 0 saturated heterocycles. The van der Waals surface area contributed by atoms with Crippen LogP contribution in [0.25, 0.3) is 0 Å². The van der Waals surface area contributed by atoms with E-state index in [1.807, 2.05) is 13.8 Å². The van der Waals surface area contributed by atoms with E-state index in [1.54, 1.807) is 6.20 Å². The third kappa shape index (κ3) is 4.25. The van der Waals surface area contributed by atoms with E-state index in [0.29, 0.717) is 5.69 Å². The normalized spacial score (nSPS) is 10.9. The number of hydrogen-bond acceptors (Lipinski definition) is 3. The van der Waals surface area contributed by atoms with E-state index < -0.39 is 4.92 Å². The first-order valence-corrected chi connectivity index (χ1v) is 5.50. The summed E-state index contributed by atoms with van der Waals surface area (Å²) in [4.78, 5) is 21.4. The van der Waals surface area contributed by atoms with E-state index in [0.717, 1.165) is 12.0 Å². The van der Waals surface area contributed by atoms with Crippen molar-refractivity contribution in [3.8, 4) is 0 Å². The molecule has 1 rings (SSSR count). The van der Waals surface area contributed by atoms with Gasteiger partial charge in [0.15, 0.2) is 0 Å². The number of non-ortho nitro benzene ring substituents is 1. The van der Waals surface area contributed by atoms with E-state index >= 15 is 0 Å². The Kier molecular flexibility index (Phi) is 4.86. The predicted molar refractivity (Wildman–Crippen MR) is 69.3 cm³/mol. The van der Waals surface area contributed by atoms with E-state index in [9.17, 15) is 14.9 Å². The summed E-state index contributed by atoms with van der Waals surface area (Å²) in [6, 6.07) is 5.25. The van der Waals surface area contributed by atoms with Gasteiger partial charge in [-0.3, -0.25) is 10.1 Å². The topological polar surface area (TPSA) is 84.3 Å². The maximum atomic E-state index is 11.5. The van der Waals surface area contributed by atoms with E-state index in [-0.39, 0.29) is 11.7 Å². The van der Waals surface area contributed by atoms with Crippen LogP contribution in [0.15, 0.2) is 36.0 Å². The highest BCUT2D eigenvalue weighted by molar-refractivity contribution is 5.89. The van der Waals surface area contributed by atoms with Crippen LogP contribution >= 0.6 is 0 Å². The molecule has 18 heavy (non-hydrogen) atoms. The fourth-order valence-electron chi connectivity index (χ4n) is 1.12. The lowest BCUT2D eigenvalue weighted by atomic mass is 10.2. The number of nitrogens with one attached hydrogen (secondary N) is 2. The number of carbonyl (C=O) groups excluding carboxylic acids is 1. The van der Waals surface area contributed by atoms with Gasteiger partial charge in [0.2, 0.25) is 0 Å². The lowest BCUT2D eigenvalue weighted by Crippen LogP contribution is -2.24. The largest absolute Gasteiger partial charge is 0.323 e. The second-order valence-corrected chi connectivity index (χ2v) is 3.75. The lowest BCUT2D eigenvalue weighted by molar-refractivity contribution is -0.384. The molecular weight excluding hydrogens is 234 g/mol. The summed E-state index contributed by atoms with van der Waals surface area (Å²) in [5.41, 5.74) is 1.54. The number of hydrogen-bond donors (Lipinski definition) is 2. The van der Waals surface area contributed by atoms with E-state index in [2.05, 4.69) is 10.6 Å². The first-order chi connectivity index (χ1) is 8.52. The van der Waals surface area contributed by atoms with Crippen molar-refractivity contribution in [1.29, 1.82) is 0 Å². The third-order valence-electron chi connectivity index (χ3n) is 2.34. The van der Waals surface area contributed by atoms with Gasteiger partial charge in [0.1, 0.15) is 0 Å². The fourth-order valence-corrected chi connectivity index (χ4v) is 1.12. The molecule has 0 spiro atoms. The minimum absolute atomic E-state index is 0.0114. The number of amides is 2. The molecule has 0 fully saturated rings. The average Bonchev–Trinajstić information content (AvgIpc) is 2.36. The minimum atomic E-state index is -0.489. The first-order valence-electron chi connectivity index (χ1n) is 5.50. The molecule has 0 aromatic heterocycles. The maximum Gasteiger partial charge on any atom is 0.323 e. The summed E-state index contributed by atoms with van der Waals surface area (Å²) in [5, 5.41) is 15.6. The van der Waals surface area contributed by atoms with Gasteiger partial charge in [-0.05, 0) is 25.5 Å². The molecule has 6 nitrogen and oxygen atoms in total. The minimum Gasteiger partial charge on any atom is -0.314 e. The lowest BCUT2D eigenvalue weighted by Gasteiger charge is -2.04. The summed E-state index contributed by atoms with van der Waals surface area (Å²) in [6.07, 6.45) is 2.48. The molecule has 0 heterocycles. The maximum absolute atomic E-state index is 11.5. The second-order valence-electron chi connectivity index (χ2n) is 3.75. The van der Waals surface area contributed by atoms with Gasteiger partial charge in [-0.1, -0.05) is 12.5 Å². The van der Waals surface area contributed by atoms with Crippen molar-refractivity contribution in [2.45, 2.75) is 20.3 Å². The number of nitrogens with zero attached hydrogens (tertiary/aromatic N) is 1. The number of carbonyl (C=O) groups is 1. The number of urea groups is 1. The van der Waals surface area contributed by atoms with Gasteiger partial charge in [0.25, 0.3) is 5.69 Å². The summed E-state index contributed by atoms with van der Waals surface area (Å²) >= 11 is 0. The molecule has 2 amide bonds. The van der Waals surface area contributed by atoms with E-state index in [4.69, 9.17) is 0 Å². The van der Waals surface area contributed by atoms with Crippen molar-refractivity contribution in [1.82, 2.24) is 5.32 Å². The van der Waals surface area contributed by atoms with Gasteiger partial charge in [-0.15, -0.1) is 0 Å². The van der Waals surface area contributed by atoms with Crippen LogP contribution in [0.1, 0.15) is 20.3 Å². The molecule has 0 aliphatic carbocycles. The number of anilines is 1. The third-order valence-corrected chi connectivity index (χ3v) is 2.34. The molecular formula is C12H15N3O3. The Morgan fingerprint density at radius 1 is 1.39 bits per heavy atom. The predicted octanol–water partition coefficient (Wildman–Crippen LogP) is 3.03. The summed E-state index contributed by atoms with van der Waals surface area (Å²) in [6.45, 7) is 3.90. The molecule has 0 bridgehead atoms. The quantitative estimate of drug-likeness (QED) is 0.635. The Hall–Kier alpha value is -2.37. The molecule has 0 unspecified atom stereocenters. The Morgan fingerprint density at radius 3 is 2.50 bits per heavy atom. The first kappa shape index (κ1) is 13.7. The van der Waals surface area contributed by atoms with Crippen molar-refractivity contribution < 1.29 is 9.72 Å². The van der Waals surface area contributed by atoms with Crippen molar-refractivity contribution in [2.24, 2.45) is 0 Å². The highest BCUT2D eigenvalue weighted by Gasteiger charge is 2.05. The van der Waals surface area contributed by atoms with Crippen molar-refractivity contribution >= 4 is 17.4 Å². The SMILES string of the molecule is CC/C(C)=C/NC(=O)Nc1ccc([N+](=O)[O-])cc1. The van der Waals surface area contributed by atoms with Crippen LogP contribution in [0, 0.1) is 10.1 Å². The molecule has 0 aliphatic rings. The van der Waals surface area contributed by atoms with Crippen LogP contribution in [0.3, 0.4) is 0 Å². The number of nitro benzene ring substituents is 1. The van der Waals surface area contributed by atoms with Crippen LogP contribution in [-0.4, -0.2) is 11.0 Å². The zero-order chi connectivity index (χ0) is 13.5. The highest BCUT2D eigenvalue weighted by atomic mass is 16.6. The van der Waals surface area contributed by atoms with Gasteiger partial charge in [0, 0.05) is 24.0 Å². The van der Waals surface area contributed by atoms with Crippen molar-refractivity contribution in [3.63, 3.8) is 0 Å². The smallest absolute Gasteiger partial charge is 0.314 e. The van der Waals surface area contributed by atoms with Crippen molar-refractivity contribution in [2.75, 3.05) is 5.32 Å². The van der Waals surface area contributed by atoms with Gasteiger partial charge in [-0.25, -0.2) is 4.79 Å². The Morgan fingerprint density at radius 2 is 2.00 bits per heavy atom. The number of allylic oxidation sites excluding steroid dienone is 1. The molecule has 0 saturated carbocycles. The molecule has 0 radical (unpaired) electrons. The summed E-state index contributed by atoms with van der Waals surface area (Å²) in [7, 11) is 0. The Labute approximate surface area is 105 Å². The Bertz CT molecular complexity index is 466. The number of rotatable bonds is 4. The molecule has 96 valence electrons. The zero-order valence-electron chi connectivity index (χ0n) is 10.3. The van der Waals surface area contributed by atoms with Gasteiger partial charge in [0.05, 0.1) is 4.92 Å². The van der Waals surface area contributed by atoms with E-state index in [1.165, 1.54) is 24.3 Å². The van der Waals surface area contributed by atoms with Crippen LogP contribution in [0.2, 0.25) is 0 Å². The summed E-state index contributed by atoms with van der Waals surface area (Å²) < 4.78 is 0. The monoisotopic (exact) mass is 249 g/mol. The zero-order valence-corrected chi connectivity index (χ0v) is 10.3. The van der Waals surface area contributed by atoms with Crippen molar-refractivity contribution in [3.05, 3.63) is 46.2 Å². The van der Waals surface area contributed by atoms with Gasteiger partial charge >= 0.3 is 6.03 Å². The molecule has 2 N–H and O–H groups in total. The molecule has 0 aliphatic heterocycles. The molecule has 1 aromatic rings. The molecule has 1 aromatic carbocycles. The second kappa shape index (κ2) is 6.39. The molecule has 0 atom stereocenters. The Balaban J connectivity index is 2.57. The van der Waals surface area contributed by atoms with Gasteiger partial charge in [-0.2, -0.15) is 0 Å². The van der Waals surface area contributed by atoms with Gasteiger partial charge < -0.3 is 10.6 Å². The van der Waals surface area contributed by atoms with Crippen LogP contribution in [0.4, 0.5) is 16.2 Å².